The lowest BCUT2D eigenvalue weighted by Gasteiger charge is -2.27. The molecule has 4 rings (SSSR count). The molecule has 0 aliphatic heterocycles. The van der Waals surface area contributed by atoms with Crippen LogP contribution in [0, 0.1) is 25.6 Å². The Morgan fingerprint density at radius 3 is 1.34 bits per heavy atom. The molecule has 4 aromatic rings. The van der Waals surface area contributed by atoms with Crippen LogP contribution in [-0.2, 0) is 28.2 Å². The van der Waals surface area contributed by atoms with Crippen molar-refractivity contribution in [2.75, 3.05) is 19.4 Å². The molecule has 1 unspecified atom stereocenters. The first kappa shape index (κ1) is 60.4. The molecule has 23 heteroatoms. The van der Waals surface area contributed by atoms with Crippen molar-refractivity contribution in [1.82, 2.24) is 6.15 Å². The first-order valence-corrected chi connectivity index (χ1v) is 22.2. The van der Waals surface area contributed by atoms with Crippen LogP contribution in [0.25, 0.3) is 0 Å². The lowest BCUT2D eigenvalue weighted by molar-refractivity contribution is -0.385. The Labute approximate surface area is 370 Å². The van der Waals surface area contributed by atoms with Crippen molar-refractivity contribution in [1.29, 1.82) is 0 Å². The normalized spacial score (nSPS) is 11.2. The van der Waals surface area contributed by atoms with Crippen LogP contribution in [0.5, 0.6) is 23.0 Å². The molecule has 18 nitrogen and oxygen atoms in total. The van der Waals surface area contributed by atoms with Crippen molar-refractivity contribution in [3.63, 3.8) is 0 Å². The lowest BCUT2D eigenvalue weighted by atomic mass is 9.97. The molecule has 0 aliphatic carbocycles. The molecule has 0 heterocycles. The molecule has 340 valence electrons. The van der Waals surface area contributed by atoms with E-state index in [-0.39, 0.29) is 67.6 Å². The second-order valence-corrected chi connectivity index (χ2v) is 18.8. The largest absolute Gasteiger partial charge is 0.508 e. The Kier molecular flexibility index (Phi) is 28.3. The Bertz CT molecular complexity index is 2000. The summed E-state index contributed by atoms with van der Waals surface area (Å²) >= 11 is 10.3. The van der Waals surface area contributed by atoms with Gasteiger partial charge in [-0.15, -0.1) is 12.4 Å². The van der Waals surface area contributed by atoms with E-state index in [0.29, 0.717) is 18.1 Å². The summed E-state index contributed by atoms with van der Waals surface area (Å²) in [5, 5.41) is 29.5. The van der Waals surface area contributed by atoms with E-state index in [9.17, 15) is 38.9 Å². The first-order chi connectivity index (χ1) is 26.9. The maximum absolute atomic E-state index is 13.5. The van der Waals surface area contributed by atoms with Crippen LogP contribution in [0.3, 0.4) is 0 Å². The van der Waals surface area contributed by atoms with Crippen LogP contribution in [0.2, 0.25) is 0 Å². The van der Waals surface area contributed by atoms with Crippen molar-refractivity contribution in [2.24, 2.45) is 11.1 Å². The average molecular weight is 958 g/mol. The number of nitrogens with zero attached hydrogens (tertiary/aromatic N) is 2. The predicted molar refractivity (Wildman–Crippen MR) is 239 cm³/mol. The number of esters is 2. The molecular formula is C38H53Cl3N4O14P2. The SMILES string of the molecule is C.CCOC(=O)C(C)(C)CP(=O)(Oc1ccccc1)Oc1ccc([N+](=O)[O-])cc1.CCOC(=O)C(C)(C)N.Cl.N.O=P(Cl)(Cl)Oc1ccccc1.O=[N+]([O-])c1ccc(O)cc1. The van der Waals surface area contributed by atoms with Crippen molar-refractivity contribution in [3.8, 4) is 23.0 Å². The van der Waals surface area contributed by atoms with Gasteiger partial charge < -0.3 is 40.0 Å². The number of hydrogen-bond donors (Lipinski definition) is 3. The second-order valence-electron chi connectivity index (χ2n) is 12.7. The van der Waals surface area contributed by atoms with E-state index in [1.807, 2.05) is 0 Å². The maximum atomic E-state index is 13.5. The summed E-state index contributed by atoms with van der Waals surface area (Å²) in [5.41, 5.74) is 3.26. The molecule has 1 atom stereocenters. The Balaban J connectivity index is -0.000000840. The van der Waals surface area contributed by atoms with Gasteiger partial charge in [0.25, 0.3) is 11.4 Å². The summed E-state index contributed by atoms with van der Waals surface area (Å²) in [6.07, 6.45) is -3.69. The van der Waals surface area contributed by atoms with Gasteiger partial charge in [0, 0.05) is 46.7 Å². The number of halogens is 3. The topological polar surface area (TPSA) is 282 Å². The van der Waals surface area contributed by atoms with E-state index in [2.05, 4.69) is 9.26 Å². The third-order valence-corrected chi connectivity index (χ3v) is 9.51. The molecule has 0 saturated carbocycles. The van der Waals surface area contributed by atoms with Crippen molar-refractivity contribution in [3.05, 3.63) is 129 Å². The number of ether oxygens (including phenoxy) is 2. The minimum Gasteiger partial charge on any atom is -0.508 e. The first-order valence-electron chi connectivity index (χ1n) is 17.0. The van der Waals surface area contributed by atoms with E-state index in [1.54, 1.807) is 102 Å². The number of phenolic OH excluding ortho intramolecular Hbond substituents is 1. The molecule has 0 fully saturated rings. The van der Waals surface area contributed by atoms with Gasteiger partial charge in [-0.25, -0.2) is 9.13 Å². The summed E-state index contributed by atoms with van der Waals surface area (Å²) in [5.74, 6) is -0.00690. The number of aromatic hydroxyl groups is 1. The number of benzene rings is 4. The van der Waals surface area contributed by atoms with E-state index in [1.165, 1.54) is 48.5 Å². The zero-order valence-corrected chi connectivity index (χ0v) is 37.6. The molecule has 0 bridgehead atoms. The fraction of sp³-hybridized carbons (Fsp3) is 0.316. The van der Waals surface area contributed by atoms with Gasteiger partial charge in [-0.3, -0.25) is 29.8 Å². The third-order valence-electron chi connectivity index (χ3n) is 6.51. The quantitative estimate of drug-likeness (QED) is 0.0458. The molecule has 61 heavy (non-hydrogen) atoms. The molecule has 0 aromatic heterocycles. The average Bonchev–Trinajstić information content (AvgIpc) is 3.12. The van der Waals surface area contributed by atoms with E-state index in [0.717, 1.165) is 0 Å². The number of nitro benzene ring substituents is 2. The Morgan fingerprint density at radius 2 is 1.02 bits per heavy atom. The van der Waals surface area contributed by atoms with Gasteiger partial charge in [0.15, 0.2) is 0 Å². The molecule has 6 N–H and O–H groups in total. The van der Waals surface area contributed by atoms with Crippen LogP contribution >= 0.6 is 48.6 Å². The van der Waals surface area contributed by atoms with Crippen LogP contribution in [0.15, 0.2) is 109 Å². The Hall–Kier alpha value is -4.93. The van der Waals surface area contributed by atoms with Crippen LogP contribution in [0.4, 0.5) is 11.4 Å². The number of phenols is 1. The molecule has 0 radical (unpaired) electrons. The van der Waals surface area contributed by atoms with Gasteiger partial charge in [0.2, 0.25) is 0 Å². The lowest BCUT2D eigenvalue weighted by Crippen LogP contribution is -2.42. The fourth-order valence-electron chi connectivity index (χ4n) is 3.89. The van der Waals surface area contributed by atoms with Gasteiger partial charge in [-0.2, -0.15) is 0 Å². The van der Waals surface area contributed by atoms with E-state index >= 15 is 0 Å². The van der Waals surface area contributed by atoms with Gasteiger partial charge >= 0.3 is 25.6 Å². The third kappa shape index (κ3) is 25.4. The number of rotatable bonds is 14. The minimum absolute atomic E-state index is 0. The summed E-state index contributed by atoms with van der Waals surface area (Å²) in [6, 6.07) is 27.1. The van der Waals surface area contributed by atoms with Crippen molar-refractivity contribution in [2.45, 2.75) is 54.5 Å². The van der Waals surface area contributed by atoms with Crippen LogP contribution in [-0.4, -0.2) is 51.8 Å². The highest BCUT2D eigenvalue weighted by molar-refractivity contribution is 8.05. The number of non-ortho nitro benzene ring substituents is 2. The standard InChI is InChI=1S/C19H22NO7P.C6H5Cl2O2P.C6H5NO3.C6H13NO2.CH4.ClH.H3N/c1-4-25-18(21)19(2,3)14-28(24,26-16-8-6-5-7-9-16)27-17-12-10-15(11-13-17)20(22)23;7-11(8,9)10-6-4-2-1-3-5-6;8-6-3-1-5(2-4-6)7(9)10;1-4-9-5(8)6(2,3)7;;;/h5-13H,4,14H2,1-3H3;1-5H;1-4,8H;4,7H2,1-3H3;1H4;1H;1H3. The maximum Gasteiger partial charge on any atom is 0.431 e. The number of carbonyl (C=O) groups excluding carboxylic acids is 2. The summed E-state index contributed by atoms with van der Waals surface area (Å²) in [4.78, 5) is 42.7. The number of nitrogens with two attached hydrogens (primary N) is 1. The van der Waals surface area contributed by atoms with Crippen LogP contribution in [0.1, 0.15) is 49.0 Å². The molecular weight excluding hydrogens is 905 g/mol. The highest BCUT2D eigenvalue weighted by Crippen LogP contribution is 2.57. The zero-order valence-electron chi connectivity index (χ0n) is 33.5. The molecule has 4 aromatic carbocycles. The Morgan fingerprint density at radius 1 is 0.672 bits per heavy atom. The highest BCUT2D eigenvalue weighted by atomic mass is 35.9. The van der Waals surface area contributed by atoms with Gasteiger partial charge in [0.1, 0.15) is 28.5 Å². The zero-order chi connectivity index (χ0) is 44.2. The van der Waals surface area contributed by atoms with E-state index in [4.69, 9.17) is 47.1 Å². The molecule has 0 spiro atoms. The molecule has 0 amide bonds. The summed E-state index contributed by atoms with van der Waals surface area (Å²) < 4.78 is 49.8. The summed E-state index contributed by atoms with van der Waals surface area (Å²) in [7, 11) is -3.87. The minimum atomic E-state index is -3.87. The number of nitro groups is 2. The van der Waals surface area contributed by atoms with Crippen molar-refractivity contribution >= 4 is 71.9 Å². The van der Waals surface area contributed by atoms with Crippen molar-refractivity contribution < 1.29 is 56.7 Å². The number of para-hydroxylation sites is 2. The van der Waals surface area contributed by atoms with Gasteiger partial charge in [-0.05, 0) is 90.1 Å². The summed E-state index contributed by atoms with van der Waals surface area (Å²) in [6.45, 7) is 10.4. The number of hydrogen-bond acceptors (Lipinski definition) is 16. The van der Waals surface area contributed by atoms with Crippen LogP contribution < -0.4 is 25.5 Å². The highest BCUT2D eigenvalue weighted by Gasteiger charge is 2.42. The fourth-order valence-corrected chi connectivity index (χ4v) is 6.88. The second kappa shape index (κ2) is 28.6. The smallest absolute Gasteiger partial charge is 0.431 e. The monoisotopic (exact) mass is 956 g/mol. The van der Waals surface area contributed by atoms with Gasteiger partial charge in [0.05, 0.1) is 34.6 Å². The van der Waals surface area contributed by atoms with Gasteiger partial charge in [-0.1, -0.05) is 43.8 Å². The predicted octanol–water partition coefficient (Wildman–Crippen LogP) is 11.3. The molecule has 0 aliphatic rings. The van der Waals surface area contributed by atoms with E-state index < -0.39 is 40.4 Å². The number of carbonyl (C=O) groups is 2. The molecule has 0 saturated heterocycles.